The summed E-state index contributed by atoms with van der Waals surface area (Å²) in [6.45, 7) is 8.51. The highest BCUT2D eigenvalue weighted by atomic mass is 32.1. The van der Waals surface area contributed by atoms with Gasteiger partial charge in [0.15, 0.2) is 0 Å². The van der Waals surface area contributed by atoms with Crippen LogP contribution < -0.4 is 0 Å². The molecule has 0 spiro atoms. The monoisotopic (exact) mass is 393 g/mol. The average Bonchev–Trinajstić information content (AvgIpc) is 3.28. The number of hydrogen-bond acceptors (Lipinski definition) is 6. The molecule has 2 aromatic heterocycles. The van der Waals surface area contributed by atoms with Gasteiger partial charge in [0, 0.05) is 27.1 Å². The predicted molar refractivity (Wildman–Crippen MR) is 98.8 cm³/mol. The molecule has 1 fully saturated rings. The van der Waals surface area contributed by atoms with Gasteiger partial charge in [-0.15, -0.1) is 11.3 Å². The third kappa shape index (κ3) is 2.96. The van der Waals surface area contributed by atoms with E-state index in [4.69, 9.17) is 4.74 Å². The summed E-state index contributed by atoms with van der Waals surface area (Å²) in [5, 5.41) is 11.0. The number of amides is 2. The molecule has 0 aromatic carbocycles. The fourth-order valence-electron chi connectivity index (χ4n) is 3.36. The smallest absolute Gasteiger partial charge is 0.345 e. The Morgan fingerprint density at radius 1 is 1.38 bits per heavy atom. The second-order valence-corrected chi connectivity index (χ2v) is 14.4. The van der Waals surface area contributed by atoms with E-state index in [-0.39, 0.29) is 6.04 Å². The van der Waals surface area contributed by atoms with Gasteiger partial charge in [-0.1, -0.05) is 19.6 Å². The van der Waals surface area contributed by atoms with Crippen LogP contribution in [0, 0.1) is 0 Å². The largest absolute Gasteiger partial charge is 0.361 e. The van der Waals surface area contributed by atoms with Crippen molar-refractivity contribution in [1.29, 1.82) is 0 Å². The predicted octanol–water partition coefficient (Wildman–Crippen LogP) is 2.92. The van der Waals surface area contributed by atoms with Crippen molar-refractivity contribution in [2.24, 2.45) is 0 Å². The van der Waals surface area contributed by atoms with Crippen LogP contribution in [0.5, 0.6) is 0 Å². The molecule has 26 heavy (non-hydrogen) atoms. The van der Waals surface area contributed by atoms with Crippen molar-refractivity contribution in [2.45, 2.75) is 44.5 Å². The molecule has 8 nitrogen and oxygen atoms in total. The van der Waals surface area contributed by atoms with Crippen molar-refractivity contribution in [3.8, 4) is 0 Å². The van der Waals surface area contributed by atoms with Crippen molar-refractivity contribution < 1.29 is 14.7 Å². The van der Waals surface area contributed by atoms with Crippen molar-refractivity contribution in [1.82, 2.24) is 24.5 Å². The third-order valence-corrected chi connectivity index (χ3v) is 7.47. The molecule has 1 saturated heterocycles. The minimum atomic E-state index is -1.14. The maximum absolute atomic E-state index is 12.5. The molecular formula is C16H23N5O3SSi. The SMILES string of the molecule is C[Si](C)(C)CCOCn1ccnc1C1c2ncsc2C2CN1C(=O)N2O. The first kappa shape index (κ1) is 17.7. The highest BCUT2D eigenvalue weighted by molar-refractivity contribution is 7.09. The van der Waals surface area contributed by atoms with Gasteiger partial charge in [0.1, 0.15) is 24.6 Å². The fourth-order valence-corrected chi connectivity index (χ4v) is 5.02. The quantitative estimate of drug-likeness (QED) is 0.463. The Balaban J connectivity index is 1.57. The highest BCUT2D eigenvalue weighted by Crippen LogP contribution is 2.46. The first-order valence-electron chi connectivity index (χ1n) is 8.67. The molecule has 2 amide bonds. The van der Waals surface area contributed by atoms with E-state index in [0.717, 1.165) is 28.3 Å². The molecule has 2 atom stereocenters. The first-order chi connectivity index (χ1) is 12.4. The molecule has 0 aliphatic carbocycles. The summed E-state index contributed by atoms with van der Waals surface area (Å²) >= 11 is 1.47. The Hall–Kier alpha value is -1.75. The summed E-state index contributed by atoms with van der Waals surface area (Å²) in [5.74, 6) is 0.715. The van der Waals surface area contributed by atoms with Crippen LogP contribution in [-0.2, 0) is 11.5 Å². The Bertz CT molecular complexity index is 817. The molecule has 2 bridgehead atoms. The molecule has 1 N–H and O–H groups in total. The topological polar surface area (TPSA) is 83.7 Å². The van der Waals surface area contributed by atoms with Crippen LogP contribution in [-0.4, -0.2) is 57.0 Å². The van der Waals surface area contributed by atoms with Crippen LogP contribution >= 0.6 is 11.3 Å². The van der Waals surface area contributed by atoms with Gasteiger partial charge >= 0.3 is 6.03 Å². The highest BCUT2D eigenvalue weighted by Gasteiger charge is 2.50. The van der Waals surface area contributed by atoms with Crippen LogP contribution in [0.25, 0.3) is 0 Å². The van der Waals surface area contributed by atoms with Crippen LogP contribution in [0.3, 0.4) is 0 Å². The van der Waals surface area contributed by atoms with Crippen molar-refractivity contribution >= 4 is 25.4 Å². The summed E-state index contributed by atoms with van der Waals surface area (Å²) in [6.07, 6.45) is 3.58. The van der Waals surface area contributed by atoms with E-state index in [1.807, 2.05) is 10.8 Å². The summed E-state index contributed by atoms with van der Waals surface area (Å²) in [6, 6.07) is -0.0348. The Labute approximate surface area is 157 Å². The number of fused-ring (bicyclic) bond motifs is 4. The summed E-state index contributed by atoms with van der Waals surface area (Å²) in [7, 11) is -1.14. The zero-order valence-electron chi connectivity index (χ0n) is 15.1. The number of carbonyl (C=O) groups is 1. The molecule has 10 heteroatoms. The lowest BCUT2D eigenvalue weighted by Crippen LogP contribution is -2.36. The lowest BCUT2D eigenvalue weighted by atomic mass is 10.0. The number of thiazole rings is 1. The number of carbonyl (C=O) groups excluding carboxylic acids is 1. The van der Waals surface area contributed by atoms with E-state index in [9.17, 15) is 10.0 Å². The molecule has 4 heterocycles. The molecule has 2 aliphatic rings. The van der Waals surface area contributed by atoms with Gasteiger partial charge in [-0.3, -0.25) is 5.21 Å². The number of rotatable bonds is 6. The Morgan fingerprint density at radius 2 is 2.19 bits per heavy atom. The van der Waals surface area contributed by atoms with Crippen molar-refractivity contribution in [3.63, 3.8) is 0 Å². The van der Waals surface area contributed by atoms with Gasteiger partial charge in [0.25, 0.3) is 0 Å². The summed E-state index contributed by atoms with van der Waals surface area (Å²) in [5.41, 5.74) is 2.56. The maximum atomic E-state index is 12.5. The first-order valence-corrected chi connectivity index (χ1v) is 13.3. The molecule has 4 rings (SSSR count). The van der Waals surface area contributed by atoms with E-state index in [1.54, 1.807) is 16.6 Å². The lowest BCUT2D eigenvalue weighted by molar-refractivity contribution is -0.0578. The number of hydroxylamine groups is 2. The van der Waals surface area contributed by atoms with E-state index >= 15 is 0 Å². The molecule has 2 unspecified atom stereocenters. The molecule has 140 valence electrons. The second-order valence-electron chi connectivity index (χ2n) is 7.90. The minimum Gasteiger partial charge on any atom is -0.361 e. The van der Waals surface area contributed by atoms with Gasteiger partial charge in [-0.2, -0.15) is 5.06 Å². The molecular weight excluding hydrogens is 370 g/mol. The van der Waals surface area contributed by atoms with E-state index in [2.05, 4.69) is 29.6 Å². The average molecular weight is 394 g/mol. The maximum Gasteiger partial charge on any atom is 0.345 e. The van der Waals surface area contributed by atoms with Crippen LogP contribution in [0.1, 0.15) is 28.5 Å². The van der Waals surface area contributed by atoms with Crippen LogP contribution in [0.4, 0.5) is 4.79 Å². The number of aromatic nitrogens is 3. The zero-order chi connectivity index (χ0) is 18.5. The standard InChI is InChI=1S/C16H23N5O3SSi/c1-26(2,3)7-6-24-10-19-5-4-17-15(19)13-12-14(25-9-18-12)11-8-20(13)16(22)21(11)23/h4-5,9,11,13,23H,6-8,10H2,1-3H3. The van der Waals surface area contributed by atoms with Gasteiger partial charge in [0.05, 0.1) is 22.6 Å². The molecule has 0 radical (unpaired) electrons. The number of imidazole rings is 1. The third-order valence-electron chi connectivity index (χ3n) is 4.82. The van der Waals surface area contributed by atoms with Gasteiger partial charge in [-0.05, 0) is 6.04 Å². The van der Waals surface area contributed by atoms with Crippen molar-refractivity contribution in [2.75, 3.05) is 13.2 Å². The minimum absolute atomic E-state index is 0.336. The number of urea groups is 1. The van der Waals surface area contributed by atoms with E-state index in [0.29, 0.717) is 19.1 Å². The fraction of sp³-hybridized carbons (Fsp3) is 0.562. The Morgan fingerprint density at radius 3 is 2.96 bits per heavy atom. The van der Waals surface area contributed by atoms with Gasteiger partial charge in [0.2, 0.25) is 0 Å². The van der Waals surface area contributed by atoms with Crippen LogP contribution in [0.2, 0.25) is 25.7 Å². The van der Waals surface area contributed by atoms with Crippen molar-refractivity contribution in [3.05, 3.63) is 34.3 Å². The van der Waals surface area contributed by atoms with Gasteiger partial charge in [-0.25, -0.2) is 14.8 Å². The van der Waals surface area contributed by atoms with E-state index < -0.39 is 20.1 Å². The summed E-state index contributed by atoms with van der Waals surface area (Å²) in [4.78, 5) is 24.0. The lowest BCUT2D eigenvalue weighted by Gasteiger charge is -2.29. The summed E-state index contributed by atoms with van der Waals surface area (Å²) < 4.78 is 7.78. The molecule has 2 aromatic rings. The zero-order valence-corrected chi connectivity index (χ0v) is 16.9. The van der Waals surface area contributed by atoms with E-state index in [1.165, 1.54) is 11.3 Å². The Kier molecular flexibility index (Phi) is 4.38. The molecule has 2 aliphatic heterocycles. The number of ether oxygens (including phenoxy) is 1. The number of nitrogens with zero attached hydrogens (tertiary/aromatic N) is 5. The normalized spacial score (nSPS) is 22.2. The van der Waals surface area contributed by atoms with Gasteiger partial charge < -0.3 is 14.2 Å². The number of hydrogen-bond donors (Lipinski definition) is 1. The van der Waals surface area contributed by atoms with Crippen LogP contribution in [0.15, 0.2) is 17.9 Å². The molecule has 0 saturated carbocycles. The second kappa shape index (κ2) is 6.45.